The fourth-order valence-corrected chi connectivity index (χ4v) is 2.66. The maximum atomic E-state index is 11.0. The Morgan fingerprint density at radius 1 is 1.35 bits per heavy atom. The zero-order chi connectivity index (χ0) is 14.5. The molecule has 0 atom stereocenters. The lowest BCUT2D eigenvalue weighted by atomic mass is 10.2. The van der Waals surface area contributed by atoms with Crippen molar-refractivity contribution in [2.75, 3.05) is 6.61 Å². The van der Waals surface area contributed by atoms with Crippen LogP contribution in [0.15, 0.2) is 24.3 Å². The molecule has 20 heavy (non-hydrogen) atoms. The lowest BCUT2D eigenvalue weighted by Gasteiger charge is -2.05. The summed E-state index contributed by atoms with van der Waals surface area (Å²) in [4.78, 5) is 15.6. The molecular formula is C15H17NO3S. The molecule has 0 saturated heterocycles. The van der Waals surface area contributed by atoms with E-state index >= 15 is 0 Å². The van der Waals surface area contributed by atoms with Crippen molar-refractivity contribution in [2.24, 2.45) is 0 Å². The molecule has 0 unspecified atom stereocenters. The van der Waals surface area contributed by atoms with Gasteiger partial charge in [0.25, 0.3) is 0 Å². The smallest absolute Gasteiger partial charge is 0.347 e. The Labute approximate surface area is 122 Å². The van der Waals surface area contributed by atoms with E-state index in [-0.39, 0.29) is 0 Å². The van der Waals surface area contributed by atoms with Gasteiger partial charge in [-0.25, -0.2) is 9.78 Å². The standard InChI is InChI=1S/C15H17NO3S/c1-3-4-9-19-12-7-5-11(6-8-12)14-16-10(2)13(20-14)15(17)18/h5-8H,3-4,9H2,1-2H3,(H,17,18). The van der Waals surface area contributed by atoms with Crippen LogP contribution in [0.3, 0.4) is 0 Å². The van der Waals surface area contributed by atoms with Gasteiger partial charge in [0.05, 0.1) is 12.3 Å². The number of carboxylic acids is 1. The summed E-state index contributed by atoms with van der Waals surface area (Å²) in [7, 11) is 0. The van der Waals surface area contributed by atoms with Crippen molar-refractivity contribution in [3.8, 4) is 16.3 Å². The average molecular weight is 291 g/mol. The van der Waals surface area contributed by atoms with E-state index in [1.807, 2.05) is 24.3 Å². The molecule has 0 spiro atoms. The third kappa shape index (κ3) is 3.36. The van der Waals surface area contributed by atoms with E-state index in [4.69, 9.17) is 9.84 Å². The number of hydrogen-bond donors (Lipinski definition) is 1. The highest BCUT2D eigenvalue weighted by Gasteiger charge is 2.14. The predicted octanol–water partition coefficient (Wildman–Crippen LogP) is 4.00. The third-order valence-electron chi connectivity index (χ3n) is 2.86. The van der Waals surface area contributed by atoms with Gasteiger partial charge in [-0.05, 0) is 37.6 Å². The lowest BCUT2D eigenvalue weighted by molar-refractivity contribution is 0.0701. The highest BCUT2D eigenvalue weighted by Crippen LogP contribution is 2.29. The first-order chi connectivity index (χ1) is 9.61. The number of thiazole rings is 1. The normalized spacial score (nSPS) is 10.5. The molecular weight excluding hydrogens is 274 g/mol. The summed E-state index contributed by atoms with van der Waals surface area (Å²) in [6, 6.07) is 7.60. The Morgan fingerprint density at radius 2 is 2.05 bits per heavy atom. The first kappa shape index (κ1) is 14.5. The maximum Gasteiger partial charge on any atom is 0.347 e. The van der Waals surface area contributed by atoms with E-state index in [0.717, 1.165) is 35.8 Å². The van der Waals surface area contributed by atoms with Crippen molar-refractivity contribution in [3.63, 3.8) is 0 Å². The molecule has 1 N–H and O–H groups in total. The van der Waals surface area contributed by atoms with Crippen molar-refractivity contribution >= 4 is 17.3 Å². The van der Waals surface area contributed by atoms with Crippen molar-refractivity contribution < 1.29 is 14.6 Å². The van der Waals surface area contributed by atoms with Crippen LogP contribution in [0.4, 0.5) is 0 Å². The van der Waals surface area contributed by atoms with E-state index in [2.05, 4.69) is 11.9 Å². The van der Waals surface area contributed by atoms with Crippen LogP contribution >= 0.6 is 11.3 Å². The monoisotopic (exact) mass is 291 g/mol. The molecule has 0 bridgehead atoms. The van der Waals surface area contributed by atoms with Gasteiger partial charge >= 0.3 is 5.97 Å². The first-order valence-electron chi connectivity index (χ1n) is 6.55. The number of aromatic carboxylic acids is 1. The minimum atomic E-state index is -0.925. The summed E-state index contributed by atoms with van der Waals surface area (Å²) in [5, 5.41) is 9.76. The molecule has 2 rings (SSSR count). The second-order valence-electron chi connectivity index (χ2n) is 4.47. The quantitative estimate of drug-likeness (QED) is 0.817. The topological polar surface area (TPSA) is 59.4 Å². The summed E-state index contributed by atoms with van der Waals surface area (Å²) in [5.41, 5.74) is 1.47. The molecule has 0 amide bonds. The van der Waals surface area contributed by atoms with Crippen LogP contribution in [-0.4, -0.2) is 22.7 Å². The summed E-state index contributed by atoms with van der Waals surface area (Å²) in [6.45, 7) is 4.55. The van der Waals surface area contributed by atoms with Crippen LogP contribution in [0.5, 0.6) is 5.75 Å². The van der Waals surface area contributed by atoms with E-state index in [9.17, 15) is 4.79 Å². The van der Waals surface area contributed by atoms with Crippen LogP contribution in [0.1, 0.15) is 35.1 Å². The van der Waals surface area contributed by atoms with Crippen LogP contribution < -0.4 is 4.74 Å². The number of aryl methyl sites for hydroxylation is 1. The van der Waals surface area contributed by atoms with Gasteiger partial charge in [-0.2, -0.15) is 0 Å². The second kappa shape index (κ2) is 6.52. The molecule has 0 radical (unpaired) electrons. The molecule has 0 fully saturated rings. The maximum absolute atomic E-state index is 11.0. The van der Waals surface area contributed by atoms with Crippen LogP contribution in [0.2, 0.25) is 0 Å². The van der Waals surface area contributed by atoms with Gasteiger partial charge in [0, 0.05) is 5.56 Å². The van der Waals surface area contributed by atoms with Crippen molar-refractivity contribution in [2.45, 2.75) is 26.7 Å². The highest BCUT2D eigenvalue weighted by molar-refractivity contribution is 7.17. The fourth-order valence-electron chi connectivity index (χ4n) is 1.75. The Bertz CT molecular complexity index is 590. The molecule has 5 heteroatoms. The van der Waals surface area contributed by atoms with E-state index in [1.165, 1.54) is 11.3 Å². The number of benzene rings is 1. The molecule has 4 nitrogen and oxygen atoms in total. The number of carbonyl (C=O) groups is 1. The van der Waals surface area contributed by atoms with E-state index in [0.29, 0.717) is 10.6 Å². The van der Waals surface area contributed by atoms with Crippen molar-refractivity contribution in [1.29, 1.82) is 0 Å². The Hall–Kier alpha value is -1.88. The van der Waals surface area contributed by atoms with Crippen LogP contribution in [0, 0.1) is 6.92 Å². The zero-order valence-corrected chi connectivity index (χ0v) is 12.4. The fraction of sp³-hybridized carbons (Fsp3) is 0.333. The Kier molecular flexibility index (Phi) is 4.74. The summed E-state index contributed by atoms with van der Waals surface area (Å²) >= 11 is 1.20. The molecule has 106 valence electrons. The van der Waals surface area contributed by atoms with Gasteiger partial charge in [0.15, 0.2) is 0 Å². The molecule has 0 aliphatic carbocycles. The second-order valence-corrected chi connectivity index (χ2v) is 5.46. The van der Waals surface area contributed by atoms with Gasteiger partial charge in [0.2, 0.25) is 0 Å². The zero-order valence-electron chi connectivity index (χ0n) is 11.5. The number of hydrogen-bond acceptors (Lipinski definition) is 4. The van der Waals surface area contributed by atoms with Crippen LogP contribution in [-0.2, 0) is 0 Å². The number of ether oxygens (including phenoxy) is 1. The van der Waals surface area contributed by atoms with Gasteiger partial charge < -0.3 is 9.84 Å². The molecule has 0 saturated carbocycles. The van der Waals surface area contributed by atoms with Gasteiger partial charge in [-0.3, -0.25) is 0 Å². The van der Waals surface area contributed by atoms with Crippen molar-refractivity contribution in [1.82, 2.24) is 4.98 Å². The number of carboxylic acid groups (broad SMARTS) is 1. The molecule has 2 aromatic rings. The molecule has 1 aromatic carbocycles. The predicted molar refractivity (Wildman–Crippen MR) is 79.6 cm³/mol. The van der Waals surface area contributed by atoms with Gasteiger partial charge in [0.1, 0.15) is 15.6 Å². The molecule has 1 heterocycles. The lowest BCUT2D eigenvalue weighted by Crippen LogP contribution is -1.95. The van der Waals surface area contributed by atoms with Crippen LogP contribution in [0.25, 0.3) is 10.6 Å². The third-order valence-corrected chi connectivity index (χ3v) is 4.05. The number of unbranched alkanes of at least 4 members (excludes halogenated alkanes) is 1. The SMILES string of the molecule is CCCCOc1ccc(-c2nc(C)c(C(=O)O)s2)cc1. The Morgan fingerprint density at radius 3 is 2.60 bits per heavy atom. The Balaban J connectivity index is 2.13. The van der Waals surface area contributed by atoms with E-state index in [1.54, 1.807) is 6.92 Å². The van der Waals surface area contributed by atoms with E-state index < -0.39 is 5.97 Å². The minimum absolute atomic E-state index is 0.295. The van der Waals surface area contributed by atoms with Crippen molar-refractivity contribution in [3.05, 3.63) is 34.8 Å². The number of nitrogens with zero attached hydrogens (tertiary/aromatic N) is 1. The van der Waals surface area contributed by atoms with Gasteiger partial charge in [-0.15, -0.1) is 11.3 Å². The average Bonchev–Trinajstić information content (AvgIpc) is 2.82. The molecule has 0 aliphatic rings. The first-order valence-corrected chi connectivity index (χ1v) is 7.37. The largest absolute Gasteiger partial charge is 0.494 e. The minimum Gasteiger partial charge on any atom is -0.494 e. The number of rotatable bonds is 6. The summed E-state index contributed by atoms with van der Waals surface area (Å²) in [5.74, 6) is -0.0975. The highest BCUT2D eigenvalue weighted by atomic mass is 32.1. The van der Waals surface area contributed by atoms with Gasteiger partial charge in [-0.1, -0.05) is 13.3 Å². The molecule has 1 aromatic heterocycles. The molecule has 0 aliphatic heterocycles. The summed E-state index contributed by atoms with van der Waals surface area (Å²) in [6.07, 6.45) is 2.14. The number of aromatic nitrogens is 1. The summed E-state index contributed by atoms with van der Waals surface area (Å²) < 4.78 is 5.59.